The number of thioether (sulfide) groups is 1. The molecular weight excluding hydrogens is 429 g/mol. The number of hydrogen-bond donors (Lipinski definition) is 2. The smallest absolute Gasteiger partial charge is 0.124 e. The lowest BCUT2D eigenvalue weighted by Gasteiger charge is -2.17. The number of nitrogens with one attached hydrogen (secondary N) is 1. The van der Waals surface area contributed by atoms with Crippen LogP contribution in [0.3, 0.4) is 0 Å². The maximum atomic E-state index is 10.2. The van der Waals surface area contributed by atoms with Crippen LogP contribution >= 0.6 is 35.0 Å². The summed E-state index contributed by atoms with van der Waals surface area (Å²) in [4.78, 5) is 0. The number of ether oxygens (including phenoxy) is 2. The molecule has 7 heteroatoms. The van der Waals surface area contributed by atoms with E-state index in [4.69, 9.17) is 32.7 Å². The van der Waals surface area contributed by atoms with Crippen molar-refractivity contribution in [1.29, 1.82) is 0 Å². The first-order valence-electron chi connectivity index (χ1n) is 9.88. The summed E-state index contributed by atoms with van der Waals surface area (Å²) in [6.07, 6.45) is 1.99. The van der Waals surface area contributed by atoms with E-state index in [9.17, 15) is 5.11 Å². The van der Waals surface area contributed by atoms with Gasteiger partial charge in [0.2, 0.25) is 0 Å². The summed E-state index contributed by atoms with van der Waals surface area (Å²) in [5.41, 5.74) is 2.17. The Balaban J connectivity index is 1.46. The van der Waals surface area contributed by atoms with E-state index in [2.05, 4.69) is 24.4 Å². The summed E-state index contributed by atoms with van der Waals surface area (Å²) in [5.74, 6) is 2.43. The van der Waals surface area contributed by atoms with E-state index in [1.807, 2.05) is 23.9 Å². The molecule has 3 rings (SSSR count). The molecule has 1 aliphatic rings. The van der Waals surface area contributed by atoms with Crippen LogP contribution in [0.1, 0.15) is 24.5 Å². The highest BCUT2D eigenvalue weighted by atomic mass is 35.5. The summed E-state index contributed by atoms with van der Waals surface area (Å²) in [5, 5.41) is 15.3. The number of benzene rings is 2. The fourth-order valence-electron chi connectivity index (χ4n) is 3.19. The molecule has 2 aromatic rings. The van der Waals surface area contributed by atoms with E-state index >= 15 is 0 Å². The molecule has 1 aliphatic heterocycles. The van der Waals surface area contributed by atoms with Gasteiger partial charge in [0.15, 0.2) is 0 Å². The van der Waals surface area contributed by atoms with Crippen LogP contribution < -0.4 is 14.8 Å². The number of halogens is 2. The molecule has 2 atom stereocenters. The number of aliphatic hydroxyl groups is 1. The van der Waals surface area contributed by atoms with E-state index < -0.39 is 6.10 Å². The van der Waals surface area contributed by atoms with E-state index in [1.54, 1.807) is 12.1 Å². The zero-order valence-corrected chi connectivity index (χ0v) is 18.8. The molecule has 1 saturated heterocycles. The molecule has 0 aromatic heterocycles. The van der Waals surface area contributed by atoms with Gasteiger partial charge in [0.1, 0.15) is 30.8 Å². The standard InChI is InChI=1S/C22H27Cl2NO3S/c1-2-3-19-21(9-8-20(23)22(19)24)28-13-16(26)12-27-17-6-4-15(5-7-17)10-18-11-25-14-29-18/h4-9,16,18,25-26H,2-3,10-14H2,1H3/t16-,18?/m0/s1. The highest BCUT2D eigenvalue weighted by Gasteiger charge is 2.16. The van der Waals surface area contributed by atoms with Gasteiger partial charge < -0.3 is 19.9 Å². The maximum absolute atomic E-state index is 10.2. The molecule has 0 bridgehead atoms. The van der Waals surface area contributed by atoms with E-state index in [-0.39, 0.29) is 13.2 Å². The zero-order valence-electron chi connectivity index (χ0n) is 16.5. The Labute approximate surface area is 186 Å². The van der Waals surface area contributed by atoms with Crippen molar-refractivity contribution in [3.05, 3.63) is 57.6 Å². The molecule has 158 valence electrons. The average Bonchev–Trinajstić information content (AvgIpc) is 3.23. The topological polar surface area (TPSA) is 50.7 Å². The average molecular weight is 456 g/mol. The Morgan fingerprint density at radius 2 is 1.90 bits per heavy atom. The molecule has 0 aliphatic carbocycles. The molecular formula is C22H27Cl2NO3S. The van der Waals surface area contributed by atoms with Crippen molar-refractivity contribution in [2.45, 2.75) is 37.5 Å². The molecule has 0 radical (unpaired) electrons. The van der Waals surface area contributed by atoms with E-state index in [1.165, 1.54) is 5.56 Å². The summed E-state index contributed by atoms with van der Waals surface area (Å²) in [6, 6.07) is 11.6. The van der Waals surface area contributed by atoms with Crippen molar-refractivity contribution in [3.63, 3.8) is 0 Å². The van der Waals surface area contributed by atoms with Crippen molar-refractivity contribution < 1.29 is 14.6 Å². The highest BCUT2D eigenvalue weighted by molar-refractivity contribution is 8.00. The number of rotatable bonds is 10. The van der Waals surface area contributed by atoms with Gasteiger partial charge in [-0.2, -0.15) is 0 Å². The lowest BCUT2D eigenvalue weighted by atomic mass is 10.1. The zero-order chi connectivity index (χ0) is 20.6. The molecule has 0 spiro atoms. The van der Waals surface area contributed by atoms with Gasteiger partial charge in [-0.15, -0.1) is 11.8 Å². The molecule has 0 saturated carbocycles. The Morgan fingerprint density at radius 1 is 1.14 bits per heavy atom. The van der Waals surface area contributed by atoms with Crippen LogP contribution in [-0.2, 0) is 12.8 Å². The van der Waals surface area contributed by atoms with Crippen molar-refractivity contribution in [3.8, 4) is 11.5 Å². The van der Waals surface area contributed by atoms with Gasteiger partial charge in [0.05, 0.1) is 10.0 Å². The van der Waals surface area contributed by atoms with Crippen molar-refractivity contribution in [2.24, 2.45) is 0 Å². The number of hydrogen-bond acceptors (Lipinski definition) is 5. The van der Waals surface area contributed by atoms with Crippen LogP contribution in [0.5, 0.6) is 11.5 Å². The molecule has 2 N–H and O–H groups in total. The third-order valence-corrected chi connectivity index (χ3v) is 6.73. The predicted octanol–water partition coefficient (Wildman–Crippen LogP) is 4.97. The highest BCUT2D eigenvalue weighted by Crippen LogP contribution is 2.34. The Hall–Kier alpha value is -1.11. The lowest BCUT2D eigenvalue weighted by molar-refractivity contribution is 0.0623. The largest absolute Gasteiger partial charge is 0.491 e. The maximum Gasteiger partial charge on any atom is 0.124 e. The second kappa shape index (κ2) is 11.3. The monoisotopic (exact) mass is 455 g/mol. The molecule has 1 unspecified atom stereocenters. The van der Waals surface area contributed by atoms with E-state index in [0.717, 1.165) is 43.0 Å². The van der Waals surface area contributed by atoms with Gasteiger partial charge in [-0.1, -0.05) is 48.7 Å². The van der Waals surface area contributed by atoms with Gasteiger partial charge >= 0.3 is 0 Å². The Bertz CT molecular complexity index is 782. The van der Waals surface area contributed by atoms with Crippen molar-refractivity contribution >= 4 is 35.0 Å². The minimum Gasteiger partial charge on any atom is -0.491 e. The normalized spacial score (nSPS) is 17.3. The second-order valence-corrected chi connectivity index (χ2v) is 9.17. The SMILES string of the molecule is CCCc1c(OC[C@@H](O)COc2ccc(CC3CNCS3)cc2)ccc(Cl)c1Cl. The first kappa shape index (κ1) is 22.6. The van der Waals surface area contributed by atoms with Crippen LogP contribution in [0.15, 0.2) is 36.4 Å². The summed E-state index contributed by atoms with van der Waals surface area (Å²) in [7, 11) is 0. The molecule has 29 heavy (non-hydrogen) atoms. The fraction of sp³-hybridized carbons (Fsp3) is 0.455. The van der Waals surface area contributed by atoms with Gasteiger partial charge in [0, 0.05) is 23.2 Å². The first-order chi connectivity index (χ1) is 14.1. The number of aliphatic hydroxyl groups excluding tert-OH is 1. The van der Waals surface area contributed by atoms with Gasteiger partial charge in [-0.05, 0) is 42.7 Å². The van der Waals surface area contributed by atoms with Crippen LogP contribution in [0.4, 0.5) is 0 Å². The lowest BCUT2D eigenvalue weighted by Crippen LogP contribution is -2.25. The quantitative estimate of drug-likeness (QED) is 0.529. The second-order valence-electron chi connectivity index (χ2n) is 7.10. The van der Waals surface area contributed by atoms with Crippen LogP contribution in [0.2, 0.25) is 10.0 Å². The third kappa shape index (κ3) is 6.69. The van der Waals surface area contributed by atoms with Gasteiger partial charge in [-0.3, -0.25) is 0 Å². The third-order valence-electron chi connectivity index (χ3n) is 4.71. The van der Waals surface area contributed by atoms with Crippen LogP contribution in [0.25, 0.3) is 0 Å². The minimum atomic E-state index is -0.750. The first-order valence-corrected chi connectivity index (χ1v) is 11.7. The minimum absolute atomic E-state index is 0.124. The Morgan fingerprint density at radius 3 is 2.59 bits per heavy atom. The fourth-order valence-corrected chi connectivity index (χ4v) is 4.64. The molecule has 0 amide bonds. The predicted molar refractivity (Wildman–Crippen MR) is 122 cm³/mol. The summed E-state index contributed by atoms with van der Waals surface area (Å²) >= 11 is 14.4. The van der Waals surface area contributed by atoms with E-state index in [0.29, 0.717) is 21.0 Å². The molecule has 4 nitrogen and oxygen atoms in total. The summed E-state index contributed by atoms with van der Waals surface area (Å²) < 4.78 is 11.5. The van der Waals surface area contributed by atoms with Crippen LogP contribution in [0, 0.1) is 0 Å². The van der Waals surface area contributed by atoms with Crippen molar-refractivity contribution in [2.75, 3.05) is 25.6 Å². The molecule has 2 aromatic carbocycles. The van der Waals surface area contributed by atoms with Crippen molar-refractivity contribution in [1.82, 2.24) is 5.32 Å². The summed E-state index contributed by atoms with van der Waals surface area (Å²) in [6.45, 7) is 3.41. The molecule has 1 fully saturated rings. The van der Waals surface area contributed by atoms with Gasteiger partial charge in [0.25, 0.3) is 0 Å². The Kier molecular flexibility index (Phi) is 8.82. The molecule has 1 heterocycles. The van der Waals surface area contributed by atoms with Gasteiger partial charge in [-0.25, -0.2) is 0 Å². The van der Waals surface area contributed by atoms with Crippen LogP contribution in [-0.4, -0.2) is 42.1 Å².